The minimum absolute atomic E-state index is 0.499. The lowest BCUT2D eigenvalue weighted by molar-refractivity contribution is 0.399. The summed E-state index contributed by atoms with van der Waals surface area (Å²) < 4.78 is 7.41. The van der Waals surface area contributed by atoms with Crippen molar-refractivity contribution in [3.63, 3.8) is 0 Å². The smallest absolute Gasteiger partial charge is 0.215 e. The third kappa shape index (κ3) is 2.18. The number of halogens is 2. The van der Waals surface area contributed by atoms with Crippen molar-refractivity contribution in [2.45, 2.75) is 0 Å². The monoisotopic (exact) mass is 325 g/mol. The molecule has 0 aliphatic heterocycles. The second-order valence-corrected chi connectivity index (χ2v) is 5.32. The molecule has 1 N–H and O–H groups in total. The molecule has 3 rings (SSSR count). The standard InChI is InChI=1S/C13H9Cl2N3OS/c1-19-11-5-3-9-12(17-11)18(13(20)16-9)10-4-2-7(14)6-8(10)15/h2-6H,1H3,(H,16,20). The Balaban J connectivity index is 2.34. The number of methoxy groups -OCH3 is 1. The first-order valence-corrected chi connectivity index (χ1v) is 6.88. The van der Waals surface area contributed by atoms with Crippen molar-refractivity contribution in [1.82, 2.24) is 14.5 Å². The van der Waals surface area contributed by atoms with E-state index in [1.165, 1.54) is 0 Å². The number of pyridine rings is 1. The highest BCUT2D eigenvalue weighted by atomic mass is 35.5. The topological polar surface area (TPSA) is 42.8 Å². The molecule has 4 nitrogen and oxygen atoms in total. The molecule has 2 aromatic heterocycles. The SMILES string of the molecule is COc1ccc2[nH]c(=S)n(-c3ccc(Cl)cc3Cl)c2n1. The van der Waals surface area contributed by atoms with Crippen molar-refractivity contribution < 1.29 is 4.74 Å². The molecule has 0 aliphatic rings. The molecule has 0 amide bonds. The zero-order chi connectivity index (χ0) is 14.3. The van der Waals surface area contributed by atoms with Gasteiger partial charge < -0.3 is 9.72 Å². The number of nitrogens with one attached hydrogen (secondary N) is 1. The molecule has 0 radical (unpaired) electrons. The summed E-state index contributed by atoms with van der Waals surface area (Å²) in [4.78, 5) is 7.49. The average Bonchev–Trinajstić information content (AvgIpc) is 2.74. The van der Waals surface area contributed by atoms with Crippen LogP contribution in [0.15, 0.2) is 30.3 Å². The van der Waals surface area contributed by atoms with E-state index in [2.05, 4.69) is 9.97 Å². The Morgan fingerprint density at radius 1 is 1.25 bits per heavy atom. The molecule has 102 valence electrons. The van der Waals surface area contributed by atoms with Crippen molar-refractivity contribution in [3.8, 4) is 11.6 Å². The molecule has 0 saturated carbocycles. The second kappa shape index (κ2) is 5.09. The van der Waals surface area contributed by atoms with Crippen LogP contribution in [-0.4, -0.2) is 21.6 Å². The van der Waals surface area contributed by atoms with Gasteiger partial charge in [0.2, 0.25) is 5.88 Å². The van der Waals surface area contributed by atoms with Crippen LogP contribution in [-0.2, 0) is 0 Å². The number of benzene rings is 1. The van der Waals surface area contributed by atoms with Crippen LogP contribution >= 0.6 is 35.4 Å². The fourth-order valence-corrected chi connectivity index (χ4v) is 2.75. The van der Waals surface area contributed by atoms with Crippen molar-refractivity contribution in [1.29, 1.82) is 0 Å². The van der Waals surface area contributed by atoms with Gasteiger partial charge in [-0.1, -0.05) is 23.2 Å². The molecule has 20 heavy (non-hydrogen) atoms. The molecule has 0 saturated heterocycles. The first-order valence-electron chi connectivity index (χ1n) is 5.71. The minimum Gasteiger partial charge on any atom is -0.481 e. The molecule has 0 bridgehead atoms. The number of ether oxygens (including phenoxy) is 1. The zero-order valence-corrected chi connectivity index (χ0v) is 12.7. The molecule has 0 fully saturated rings. The van der Waals surface area contributed by atoms with Crippen molar-refractivity contribution in [2.75, 3.05) is 7.11 Å². The van der Waals surface area contributed by atoms with E-state index in [0.29, 0.717) is 32.0 Å². The number of nitrogens with zero attached hydrogens (tertiary/aromatic N) is 2. The molecule has 1 aromatic carbocycles. The van der Waals surface area contributed by atoms with Gasteiger partial charge in [0.1, 0.15) is 0 Å². The van der Waals surface area contributed by atoms with Crippen LogP contribution < -0.4 is 4.74 Å². The third-order valence-electron chi connectivity index (χ3n) is 2.87. The average molecular weight is 326 g/mol. The summed E-state index contributed by atoms with van der Waals surface area (Å²) in [5, 5.41) is 1.06. The van der Waals surface area contributed by atoms with Gasteiger partial charge in [0.25, 0.3) is 0 Å². The molecular formula is C13H9Cl2N3OS. The van der Waals surface area contributed by atoms with Crippen LogP contribution in [0.4, 0.5) is 0 Å². The number of H-pyrrole nitrogens is 1. The highest BCUT2D eigenvalue weighted by molar-refractivity contribution is 7.71. The van der Waals surface area contributed by atoms with Crippen LogP contribution in [0, 0.1) is 4.77 Å². The van der Waals surface area contributed by atoms with Crippen LogP contribution in [0.2, 0.25) is 10.0 Å². The zero-order valence-electron chi connectivity index (χ0n) is 10.4. The quantitative estimate of drug-likeness (QED) is 0.710. The number of imidazole rings is 1. The Labute approximate surface area is 129 Å². The molecule has 2 heterocycles. The van der Waals surface area contributed by atoms with E-state index in [1.54, 1.807) is 35.9 Å². The van der Waals surface area contributed by atoms with Gasteiger partial charge in [0.15, 0.2) is 10.4 Å². The van der Waals surface area contributed by atoms with Gasteiger partial charge in [-0.2, -0.15) is 4.98 Å². The van der Waals surface area contributed by atoms with Crippen LogP contribution in [0.3, 0.4) is 0 Å². The number of rotatable bonds is 2. The lowest BCUT2D eigenvalue weighted by Crippen LogP contribution is -1.97. The van der Waals surface area contributed by atoms with Crippen molar-refractivity contribution >= 4 is 46.6 Å². The summed E-state index contributed by atoms with van der Waals surface area (Å²) in [7, 11) is 1.56. The van der Waals surface area contributed by atoms with Crippen molar-refractivity contribution in [3.05, 3.63) is 45.1 Å². The van der Waals surface area contributed by atoms with Crippen LogP contribution in [0.1, 0.15) is 0 Å². The molecule has 3 aromatic rings. The lowest BCUT2D eigenvalue weighted by Gasteiger charge is -2.07. The lowest BCUT2D eigenvalue weighted by atomic mass is 10.3. The Morgan fingerprint density at radius 2 is 2.05 bits per heavy atom. The largest absolute Gasteiger partial charge is 0.481 e. The summed E-state index contributed by atoms with van der Waals surface area (Å²) >= 11 is 17.5. The Hall–Kier alpha value is -1.56. The molecule has 7 heteroatoms. The van der Waals surface area contributed by atoms with E-state index in [0.717, 1.165) is 5.52 Å². The number of hydrogen-bond donors (Lipinski definition) is 1. The summed E-state index contributed by atoms with van der Waals surface area (Å²) in [5.74, 6) is 0.505. The van der Waals surface area contributed by atoms with E-state index in [9.17, 15) is 0 Å². The highest BCUT2D eigenvalue weighted by Gasteiger charge is 2.12. The van der Waals surface area contributed by atoms with E-state index in [4.69, 9.17) is 40.2 Å². The van der Waals surface area contributed by atoms with Gasteiger partial charge in [-0.3, -0.25) is 4.57 Å². The van der Waals surface area contributed by atoms with Crippen LogP contribution in [0.5, 0.6) is 5.88 Å². The van der Waals surface area contributed by atoms with E-state index < -0.39 is 0 Å². The van der Waals surface area contributed by atoms with Crippen LogP contribution in [0.25, 0.3) is 16.9 Å². The molecular weight excluding hydrogens is 317 g/mol. The first kappa shape index (κ1) is 13.4. The Kier molecular flexibility index (Phi) is 3.41. The molecule has 0 aliphatic carbocycles. The molecule has 0 spiro atoms. The number of aromatic nitrogens is 3. The van der Waals surface area contributed by atoms with Gasteiger partial charge >= 0.3 is 0 Å². The third-order valence-corrected chi connectivity index (χ3v) is 3.69. The minimum atomic E-state index is 0.499. The fourth-order valence-electron chi connectivity index (χ4n) is 1.97. The van der Waals surface area contributed by atoms with Gasteiger partial charge in [-0.25, -0.2) is 0 Å². The summed E-state index contributed by atoms with van der Waals surface area (Å²) in [6.45, 7) is 0. The Bertz CT molecular complexity index is 856. The van der Waals surface area contributed by atoms with Gasteiger partial charge in [0.05, 0.1) is 23.3 Å². The predicted octanol–water partition coefficient (Wildman–Crippen LogP) is 4.40. The van der Waals surface area contributed by atoms with E-state index >= 15 is 0 Å². The fraction of sp³-hybridized carbons (Fsp3) is 0.0769. The summed E-state index contributed by atoms with van der Waals surface area (Å²) in [6.07, 6.45) is 0. The van der Waals surface area contributed by atoms with Gasteiger partial charge in [0, 0.05) is 11.1 Å². The number of hydrogen-bond acceptors (Lipinski definition) is 3. The normalized spacial score (nSPS) is 10.9. The maximum atomic E-state index is 6.24. The first-order chi connectivity index (χ1) is 9.60. The maximum Gasteiger partial charge on any atom is 0.215 e. The van der Waals surface area contributed by atoms with Crippen molar-refractivity contribution in [2.24, 2.45) is 0 Å². The predicted molar refractivity (Wildman–Crippen MR) is 82.8 cm³/mol. The Morgan fingerprint density at radius 3 is 2.75 bits per heavy atom. The maximum absolute atomic E-state index is 6.24. The van der Waals surface area contributed by atoms with E-state index in [1.807, 2.05) is 6.07 Å². The second-order valence-electron chi connectivity index (χ2n) is 4.09. The van der Waals surface area contributed by atoms with Gasteiger partial charge in [-0.05, 0) is 36.5 Å². The summed E-state index contributed by atoms with van der Waals surface area (Å²) in [6, 6.07) is 8.84. The van der Waals surface area contributed by atoms with E-state index in [-0.39, 0.29) is 0 Å². The van der Waals surface area contributed by atoms with Gasteiger partial charge in [-0.15, -0.1) is 0 Å². The number of fused-ring (bicyclic) bond motifs is 1. The highest BCUT2D eigenvalue weighted by Crippen LogP contribution is 2.28. The molecule has 0 atom stereocenters. The summed E-state index contributed by atoms with van der Waals surface area (Å²) in [5.41, 5.74) is 2.17. The number of aromatic amines is 1. The molecule has 0 unspecified atom stereocenters.